The maximum absolute atomic E-state index is 12.7. The molecule has 4 N–H and O–H groups in total. The number of rotatable bonds is 9. The van der Waals surface area contributed by atoms with Crippen LogP contribution in [0.15, 0.2) is 42.5 Å². The maximum Gasteiger partial charge on any atom is 0.268 e. The number of hydrogen-bond donors (Lipinski definition) is 4. The summed E-state index contributed by atoms with van der Waals surface area (Å²) in [7, 11) is 0. The molecule has 3 rings (SSSR count). The number of carbonyl (C=O) groups excluding carboxylic acids is 1. The lowest BCUT2D eigenvalue weighted by molar-refractivity contribution is 0.0164. The van der Waals surface area contributed by atoms with Crippen LogP contribution in [-0.2, 0) is 6.54 Å². The van der Waals surface area contributed by atoms with Gasteiger partial charge in [0.15, 0.2) is 0 Å². The highest BCUT2D eigenvalue weighted by molar-refractivity contribution is 7.98. The summed E-state index contributed by atoms with van der Waals surface area (Å²) in [5.41, 5.74) is 5.50. The number of H-pyrrole nitrogens is 1. The Morgan fingerprint density at radius 2 is 2.03 bits per heavy atom. The molecule has 0 bridgehead atoms. The van der Waals surface area contributed by atoms with E-state index in [1.807, 2.05) is 50.2 Å². The number of aryl methyl sites for hydroxylation is 2. The van der Waals surface area contributed by atoms with E-state index >= 15 is 0 Å². The van der Waals surface area contributed by atoms with Gasteiger partial charge in [-0.1, -0.05) is 43.2 Å². The van der Waals surface area contributed by atoms with Crippen molar-refractivity contribution in [2.45, 2.75) is 40.2 Å². The Labute approximate surface area is 175 Å². The Hall–Kier alpha value is -2.48. The molecule has 0 fully saturated rings. The lowest BCUT2D eigenvalue weighted by Gasteiger charge is -2.13. The summed E-state index contributed by atoms with van der Waals surface area (Å²) in [4.78, 5) is 15.9. The van der Waals surface area contributed by atoms with Crippen molar-refractivity contribution in [1.29, 1.82) is 0 Å². The molecule has 1 aromatic heterocycles. The SMILES string of the molecule is CCCCN(O)SNc1ccc2[nH]c(C(=O)NCc3cccc(C)c3)c(C)c2c1. The molecule has 0 aliphatic heterocycles. The number of nitrogens with zero attached hydrogens (tertiary/aromatic N) is 1. The summed E-state index contributed by atoms with van der Waals surface area (Å²) in [5, 5.41) is 13.8. The van der Waals surface area contributed by atoms with Gasteiger partial charge >= 0.3 is 0 Å². The average molecular weight is 413 g/mol. The molecule has 0 aliphatic rings. The summed E-state index contributed by atoms with van der Waals surface area (Å²) < 4.78 is 4.34. The van der Waals surface area contributed by atoms with Crippen molar-refractivity contribution in [3.05, 3.63) is 64.8 Å². The molecule has 2 aromatic carbocycles. The number of hydroxylamine groups is 1. The van der Waals surface area contributed by atoms with E-state index in [2.05, 4.69) is 28.0 Å². The lowest BCUT2D eigenvalue weighted by atomic mass is 10.1. The van der Waals surface area contributed by atoms with E-state index in [0.717, 1.165) is 52.7 Å². The highest BCUT2D eigenvalue weighted by Gasteiger charge is 2.15. The minimum Gasteiger partial charge on any atom is -0.350 e. The molecule has 0 saturated carbocycles. The van der Waals surface area contributed by atoms with E-state index in [4.69, 9.17) is 0 Å². The van der Waals surface area contributed by atoms with E-state index in [1.165, 1.54) is 10.0 Å². The summed E-state index contributed by atoms with van der Waals surface area (Å²) in [6.07, 6.45) is 1.96. The Balaban J connectivity index is 1.68. The topological polar surface area (TPSA) is 80.4 Å². The Morgan fingerprint density at radius 3 is 2.79 bits per heavy atom. The van der Waals surface area contributed by atoms with Crippen LogP contribution >= 0.6 is 12.1 Å². The van der Waals surface area contributed by atoms with Gasteiger partial charge in [0.1, 0.15) is 5.69 Å². The highest BCUT2D eigenvalue weighted by Crippen LogP contribution is 2.26. The predicted octanol–water partition coefficient (Wildman–Crippen LogP) is 5.18. The van der Waals surface area contributed by atoms with Crippen molar-refractivity contribution < 1.29 is 10.0 Å². The molecule has 0 unspecified atom stereocenters. The summed E-state index contributed by atoms with van der Waals surface area (Å²) in [5.74, 6) is -0.120. The van der Waals surface area contributed by atoms with Gasteiger partial charge in [0.25, 0.3) is 5.91 Å². The van der Waals surface area contributed by atoms with Gasteiger partial charge in [-0.3, -0.25) is 4.79 Å². The van der Waals surface area contributed by atoms with Crippen LogP contribution in [0, 0.1) is 13.8 Å². The van der Waals surface area contributed by atoms with Crippen LogP contribution in [0.5, 0.6) is 0 Å². The normalized spacial score (nSPS) is 11.2. The smallest absolute Gasteiger partial charge is 0.268 e. The molecule has 154 valence electrons. The Kier molecular flexibility index (Phi) is 7.19. The van der Waals surface area contributed by atoms with E-state index in [-0.39, 0.29) is 5.91 Å². The van der Waals surface area contributed by atoms with E-state index in [9.17, 15) is 10.0 Å². The lowest BCUT2D eigenvalue weighted by Crippen LogP contribution is -2.23. The molecule has 0 atom stereocenters. The van der Waals surface area contributed by atoms with Crippen molar-refractivity contribution in [3.8, 4) is 0 Å². The van der Waals surface area contributed by atoms with Crippen molar-refractivity contribution >= 4 is 34.6 Å². The van der Waals surface area contributed by atoms with Crippen LogP contribution in [0.1, 0.15) is 46.9 Å². The van der Waals surface area contributed by atoms with Crippen molar-refractivity contribution in [2.75, 3.05) is 11.3 Å². The first kappa shape index (κ1) is 21.2. The first-order chi connectivity index (χ1) is 14.0. The predicted molar refractivity (Wildman–Crippen MR) is 120 cm³/mol. The van der Waals surface area contributed by atoms with Gasteiger partial charge in [0, 0.05) is 29.7 Å². The van der Waals surface area contributed by atoms with Gasteiger partial charge in [-0.15, -0.1) is 4.47 Å². The molecule has 0 spiro atoms. The number of amides is 1. The van der Waals surface area contributed by atoms with Crippen LogP contribution in [0.25, 0.3) is 10.9 Å². The second kappa shape index (κ2) is 9.82. The van der Waals surface area contributed by atoms with Crippen LogP contribution in [0.3, 0.4) is 0 Å². The molecule has 1 heterocycles. The third kappa shape index (κ3) is 5.53. The largest absolute Gasteiger partial charge is 0.350 e. The minimum absolute atomic E-state index is 0.120. The number of aromatic nitrogens is 1. The minimum atomic E-state index is -0.120. The van der Waals surface area contributed by atoms with Gasteiger partial charge in [-0.05, 0) is 49.6 Å². The first-order valence-corrected chi connectivity index (χ1v) is 10.6. The van der Waals surface area contributed by atoms with Crippen LogP contribution in [-0.4, -0.2) is 27.1 Å². The highest BCUT2D eigenvalue weighted by atomic mass is 32.2. The van der Waals surface area contributed by atoms with Crippen molar-refractivity contribution in [2.24, 2.45) is 0 Å². The summed E-state index contributed by atoms with van der Waals surface area (Å²) >= 11 is 1.15. The summed E-state index contributed by atoms with van der Waals surface area (Å²) in [6.45, 7) is 7.16. The molecular formula is C22H28N4O2S. The standard InChI is InChI=1S/C22H28N4O2S/c1-4-5-11-26(28)29-25-18-9-10-20-19(13-18)16(3)21(24-20)22(27)23-14-17-8-6-7-15(2)12-17/h6-10,12-13,24-25,28H,4-5,11,14H2,1-3H3,(H,23,27). The first-order valence-electron chi connectivity index (χ1n) is 9.83. The average Bonchev–Trinajstić information content (AvgIpc) is 3.05. The van der Waals surface area contributed by atoms with Gasteiger partial charge < -0.3 is 20.2 Å². The second-order valence-electron chi connectivity index (χ2n) is 7.18. The number of nitrogens with one attached hydrogen (secondary N) is 3. The van der Waals surface area contributed by atoms with Crippen LogP contribution in [0.4, 0.5) is 5.69 Å². The maximum atomic E-state index is 12.7. The fourth-order valence-electron chi connectivity index (χ4n) is 3.15. The third-order valence-electron chi connectivity index (χ3n) is 4.79. The van der Waals surface area contributed by atoms with E-state index in [1.54, 1.807) is 0 Å². The zero-order valence-electron chi connectivity index (χ0n) is 17.1. The zero-order valence-corrected chi connectivity index (χ0v) is 17.9. The van der Waals surface area contributed by atoms with Crippen molar-refractivity contribution in [1.82, 2.24) is 14.8 Å². The molecule has 0 saturated heterocycles. The van der Waals surface area contributed by atoms with Crippen LogP contribution in [0.2, 0.25) is 0 Å². The van der Waals surface area contributed by atoms with E-state index < -0.39 is 0 Å². The fraction of sp³-hybridized carbons (Fsp3) is 0.318. The number of benzene rings is 2. The Bertz CT molecular complexity index is 986. The quantitative estimate of drug-likeness (QED) is 0.288. The second-order valence-corrected chi connectivity index (χ2v) is 7.99. The molecule has 1 amide bonds. The van der Waals surface area contributed by atoms with Crippen LogP contribution < -0.4 is 10.0 Å². The summed E-state index contributed by atoms with van der Waals surface area (Å²) in [6, 6.07) is 14.0. The van der Waals surface area contributed by atoms with E-state index in [0.29, 0.717) is 18.8 Å². The number of carbonyl (C=O) groups is 1. The number of aromatic amines is 1. The molecule has 6 nitrogen and oxygen atoms in total. The molecule has 0 aliphatic carbocycles. The Morgan fingerprint density at radius 1 is 1.21 bits per heavy atom. The van der Waals surface area contributed by atoms with Gasteiger partial charge in [-0.2, -0.15) is 0 Å². The fourth-order valence-corrected chi connectivity index (χ4v) is 3.71. The van der Waals surface area contributed by atoms with Gasteiger partial charge in [0.05, 0.1) is 12.1 Å². The molecular weight excluding hydrogens is 384 g/mol. The van der Waals surface area contributed by atoms with Gasteiger partial charge in [-0.25, -0.2) is 0 Å². The molecule has 29 heavy (non-hydrogen) atoms. The number of anilines is 1. The molecule has 7 heteroatoms. The number of hydrogen-bond acceptors (Lipinski definition) is 5. The number of unbranched alkanes of at least 4 members (excludes halogenated alkanes) is 1. The zero-order chi connectivity index (χ0) is 20.8. The monoisotopic (exact) mass is 412 g/mol. The van der Waals surface area contributed by atoms with Gasteiger partial charge in [0.2, 0.25) is 0 Å². The molecule has 3 aromatic rings. The third-order valence-corrected chi connectivity index (χ3v) is 5.51. The number of fused-ring (bicyclic) bond motifs is 1. The van der Waals surface area contributed by atoms with Crippen molar-refractivity contribution in [3.63, 3.8) is 0 Å². The molecule has 0 radical (unpaired) electrons.